The number of benzene rings is 1. The van der Waals surface area contributed by atoms with Gasteiger partial charge in [0.15, 0.2) is 5.78 Å². The minimum absolute atomic E-state index is 0.0516. The summed E-state index contributed by atoms with van der Waals surface area (Å²) in [5.74, 6) is 0.0843. The van der Waals surface area contributed by atoms with E-state index in [-0.39, 0.29) is 11.5 Å². The molecule has 0 unspecified atom stereocenters. The Bertz CT molecular complexity index is 617. The van der Waals surface area contributed by atoms with Crippen molar-refractivity contribution in [3.63, 3.8) is 0 Å². The fourth-order valence-electron chi connectivity index (χ4n) is 2.08. The first-order chi connectivity index (χ1) is 9.96. The second-order valence-corrected chi connectivity index (χ2v) is 7.64. The van der Waals surface area contributed by atoms with Crippen LogP contribution in [-0.2, 0) is 11.2 Å². The highest BCUT2D eigenvalue weighted by molar-refractivity contribution is 6.00. The zero-order valence-electron chi connectivity index (χ0n) is 14.3. The van der Waals surface area contributed by atoms with Crippen LogP contribution < -0.4 is 0 Å². The first kappa shape index (κ1) is 18.0. The van der Waals surface area contributed by atoms with Crippen LogP contribution in [0.3, 0.4) is 0 Å². The molecule has 0 saturated heterocycles. The molecule has 0 aliphatic carbocycles. The number of allylic oxidation sites excluding steroid dienone is 2. The Morgan fingerprint density at radius 2 is 1.55 bits per heavy atom. The third-order valence-electron chi connectivity index (χ3n) is 3.42. The van der Waals surface area contributed by atoms with Gasteiger partial charge in [0.05, 0.1) is 11.6 Å². The van der Waals surface area contributed by atoms with Crippen molar-refractivity contribution in [3.8, 4) is 6.07 Å². The standard InChI is InChI=1S/C19H25NO2/c1-18(2,3)16(21)15(17(22)19(4,5)6)11-13-7-9-14(12-20)10-8-13/h7-10,21H,11H2,1-6H3/b16-15+. The molecular weight excluding hydrogens is 274 g/mol. The van der Waals surface area contributed by atoms with Gasteiger partial charge in [-0.2, -0.15) is 5.26 Å². The van der Waals surface area contributed by atoms with Crippen LogP contribution in [0.2, 0.25) is 0 Å². The molecule has 0 heterocycles. The van der Waals surface area contributed by atoms with Gasteiger partial charge in [0, 0.05) is 22.8 Å². The van der Waals surface area contributed by atoms with Crippen LogP contribution in [0.5, 0.6) is 0 Å². The maximum atomic E-state index is 12.7. The third kappa shape index (κ3) is 4.46. The van der Waals surface area contributed by atoms with E-state index in [0.29, 0.717) is 17.6 Å². The number of nitriles is 1. The molecule has 1 aromatic carbocycles. The first-order valence-electron chi connectivity index (χ1n) is 7.43. The van der Waals surface area contributed by atoms with E-state index in [1.807, 2.05) is 53.7 Å². The summed E-state index contributed by atoms with van der Waals surface area (Å²) in [6.07, 6.45) is 0.366. The molecule has 1 N–H and O–H groups in total. The van der Waals surface area contributed by atoms with Gasteiger partial charge in [-0.05, 0) is 17.7 Å². The van der Waals surface area contributed by atoms with Gasteiger partial charge in [0.1, 0.15) is 5.76 Å². The number of ketones is 1. The Labute approximate surface area is 133 Å². The van der Waals surface area contributed by atoms with Crippen molar-refractivity contribution in [3.05, 3.63) is 46.7 Å². The molecule has 0 radical (unpaired) electrons. The lowest BCUT2D eigenvalue weighted by molar-refractivity contribution is -0.122. The summed E-state index contributed by atoms with van der Waals surface area (Å²) in [6, 6.07) is 9.17. The maximum absolute atomic E-state index is 12.7. The number of Topliss-reactive ketones (excluding diaryl/α,β-unsaturated/α-hetero) is 1. The highest BCUT2D eigenvalue weighted by Gasteiger charge is 2.31. The number of aliphatic hydroxyl groups is 1. The minimum Gasteiger partial charge on any atom is -0.511 e. The van der Waals surface area contributed by atoms with Gasteiger partial charge in [0.25, 0.3) is 0 Å². The normalized spacial score (nSPS) is 13.3. The minimum atomic E-state index is -0.554. The second kappa shape index (κ2) is 6.36. The zero-order chi connectivity index (χ0) is 17.1. The third-order valence-corrected chi connectivity index (χ3v) is 3.42. The maximum Gasteiger partial charge on any atom is 0.167 e. The molecule has 3 heteroatoms. The number of nitrogens with zero attached hydrogens (tertiary/aromatic N) is 1. The van der Waals surface area contributed by atoms with Crippen LogP contribution in [0, 0.1) is 22.2 Å². The Kier molecular flexibility index (Phi) is 5.19. The van der Waals surface area contributed by atoms with Gasteiger partial charge in [-0.15, -0.1) is 0 Å². The van der Waals surface area contributed by atoms with Crippen LogP contribution in [0.25, 0.3) is 0 Å². The lowest BCUT2D eigenvalue weighted by atomic mass is 9.79. The van der Waals surface area contributed by atoms with E-state index in [1.54, 1.807) is 12.1 Å². The molecule has 0 aliphatic heterocycles. The molecule has 0 aromatic heterocycles. The SMILES string of the molecule is CC(C)(C)C(=O)/C(Cc1ccc(C#N)cc1)=C(/O)C(C)(C)C. The van der Waals surface area contributed by atoms with E-state index in [0.717, 1.165) is 5.56 Å². The van der Waals surface area contributed by atoms with Gasteiger partial charge in [-0.25, -0.2) is 0 Å². The van der Waals surface area contributed by atoms with Gasteiger partial charge in [-0.3, -0.25) is 4.79 Å². The summed E-state index contributed by atoms with van der Waals surface area (Å²) in [5.41, 5.74) is 0.896. The molecule has 0 atom stereocenters. The Morgan fingerprint density at radius 1 is 1.05 bits per heavy atom. The molecule has 0 saturated carbocycles. The number of carbonyl (C=O) groups excluding carboxylic acids is 1. The average Bonchev–Trinajstić information content (AvgIpc) is 2.42. The fourth-order valence-corrected chi connectivity index (χ4v) is 2.08. The van der Waals surface area contributed by atoms with Gasteiger partial charge >= 0.3 is 0 Å². The molecule has 0 bridgehead atoms. The van der Waals surface area contributed by atoms with Gasteiger partial charge in [-0.1, -0.05) is 53.7 Å². The molecular formula is C19H25NO2. The van der Waals surface area contributed by atoms with E-state index in [2.05, 4.69) is 6.07 Å². The molecule has 1 aromatic rings. The largest absolute Gasteiger partial charge is 0.511 e. The van der Waals surface area contributed by atoms with Gasteiger partial charge in [0.2, 0.25) is 0 Å². The number of carbonyl (C=O) groups is 1. The van der Waals surface area contributed by atoms with Crippen LogP contribution in [0.15, 0.2) is 35.6 Å². The second-order valence-electron chi connectivity index (χ2n) is 7.64. The lowest BCUT2D eigenvalue weighted by Crippen LogP contribution is -2.27. The summed E-state index contributed by atoms with van der Waals surface area (Å²) >= 11 is 0. The van der Waals surface area contributed by atoms with Crippen LogP contribution in [0.1, 0.15) is 52.7 Å². The molecule has 0 fully saturated rings. The Morgan fingerprint density at radius 3 is 1.91 bits per heavy atom. The molecule has 0 spiro atoms. The van der Waals surface area contributed by atoms with E-state index in [4.69, 9.17) is 5.26 Å². The summed E-state index contributed by atoms with van der Waals surface area (Å²) in [6.45, 7) is 11.2. The van der Waals surface area contributed by atoms with Gasteiger partial charge < -0.3 is 5.11 Å². The van der Waals surface area contributed by atoms with Crippen molar-refractivity contribution in [1.82, 2.24) is 0 Å². The zero-order valence-corrected chi connectivity index (χ0v) is 14.3. The summed E-state index contributed by atoms with van der Waals surface area (Å²) in [7, 11) is 0. The smallest absolute Gasteiger partial charge is 0.167 e. The monoisotopic (exact) mass is 299 g/mol. The summed E-state index contributed by atoms with van der Waals surface area (Å²) in [5, 5.41) is 19.4. The molecule has 3 nitrogen and oxygen atoms in total. The Balaban J connectivity index is 3.28. The predicted octanol–water partition coefficient (Wildman–Crippen LogP) is 4.57. The highest BCUT2D eigenvalue weighted by Crippen LogP contribution is 2.31. The quantitative estimate of drug-likeness (QED) is 0.656. The van der Waals surface area contributed by atoms with E-state index >= 15 is 0 Å². The molecule has 1 rings (SSSR count). The summed E-state index contributed by atoms with van der Waals surface area (Å²) in [4.78, 5) is 12.7. The van der Waals surface area contributed by atoms with Crippen molar-refractivity contribution in [2.75, 3.05) is 0 Å². The van der Waals surface area contributed by atoms with E-state index in [9.17, 15) is 9.90 Å². The number of hydrogen-bond acceptors (Lipinski definition) is 3. The lowest BCUT2D eigenvalue weighted by Gasteiger charge is -2.25. The topological polar surface area (TPSA) is 61.1 Å². The van der Waals surface area contributed by atoms with Crippen molar-refractivity contribution in [1.29, 1.82) is 5.26 Å². The van der Waals surface area contributed by atoms with E-state index < -0.39 is 10.8 Å². The fraction of sp³-hybridized carbons (Fsp3) is 0.474. The molecule has 22 heavy (non-hydrogen) atoms. The average molecular weight is 299 g/mol. The van der Waals surface area contributed by atoms with Crippen molar-refractivity contribution < 1.29 is 9.90 Å². The highest BCUT2D eigenvalue weighted by atomic mass is 16.3. The van der Waals surface area contributed by atoms with Crippen molar-refractivity contribution >= 4 is 5.78 Å². The van der Waals surface area contributed by atoms with Crippen LogP contribution >= 0.6 is 0 Å². The van der Waals surface area contributed by atoms with Crippen LogP contribution in [-0.4, -0.2) is 10.9 Å². The molecule has 0 aliphatic rings. The van der Waals surface area contributed by atoms with Crippen LogP contribution in [0.4, 0.5) is 0 Å². The Hall–Kier alpha value is -2.08. The number of aliphatic hydroxyl groups excluding tert-OH is 1. The summed E-state index contributed by atoms with van der Waals surface area (Å²) < 4.78 is 0. The van der Waals surface area contributed by atoms with E-state index in [1.165, 1.54) is 0 Å². The number of hydrogen-bond donors (Lipinski definition) is 1. The van der Waals surface area contributed by atoms with Crippen molar-refractivity contribution in [2.45, 2.75) is 48.0 Å². The molecule has 118 valence electrons. The first-order valence-corrected chi connectivity index (χ1v) is 7.43. The molecule has 0 amide bonds. The van der Waals surface area contributed by atoms with Crippen molar-refractivity contribution in [2.24, 2.45) is 10.8 Å². The number of rotatable bonds is 3. The predicted molar refractivity (Wildman–Crippen MR) is 88.4 cm³/mol.